The summed E-state index contributed by atoms with van der Waals surface area (Å²) in [4.78, 5) is 0. The van der Waals surface area contributed by atoms with Gasteiger partial charge in [-0.1, -0.05) is 6.07 Å². The molecule has 1 aromatic rings. The average molecular weight is 227 g/mol. The van der Waals surface area contributed by atoms with Crippen LogP contribution in [-0.2, 0) is 6.54 Å². The highest BCUT2D eigenvalue weighted by Crippen LogP contribution is 2.41. The molecule has 4 heteroatoms. The van der Waals surface area contributed by atoms with Gasteiger partial charge in [0.2, 0.25) is 0 Å². The highest BCUT2D eigenvalue weighted by Gasteiger charge is 2.24. The number of hydrogen-bond donors (Lipinski definition) is 1. The fraction of sp³-hybridized carbons (Fsp3) is 0.500. The number of alkyl halides is 2. The Bertz CT molecular complexity index is 364. The molecule has 0 heterocycles. The Morgan fingerprint density at radius 2 is 2.12 bits per heavy atom. The van der Waals surface area contributed by atoms with Gasteiger partial charge in [0, 0.05) is 6.54 Å². The first kappa shape index (κ1) is 11.3. The largest absolute Gasteiger partial charge is 0.435 e. The Kier molecular flexibility index (Phi) is 3.39. The Morgan fingerprint density at radius 1 is 1.38 bits per heavy atom. The number of ether oxygens (including phenoxy) is 1. The van der Waals surface area contributed by atoms with Gasteiger partial charge < -0.3 is 10.1 Å². The summed E-state index contributed by atoms with van der Waals surface area (Å²) in [6.45, 7) is -2.09. The van der Waals surface area contributed by atoms with Crippen LogP contribution in [0.1, 0.15) is 29.9 Å². The predicted octanol–water partition coefficient (Wildman–Crippen LogP) is 2.88. The number of halogens is 2. The van der Waals surface area contributed by atoms with Gasteiger partial charge in [0.1, 0.15) is 5.75 Å². The smallest absolute Gasteiger partial charge is 0.387 e. The fourth-order valence-electron chi connectivity index (χ4n) is 1.82. The molecule has 1 fully saturated rings. The molecule has 0 atom stereocenters. The minimum absolute atomic E-state index is 0.268. The van der Waals surface area contributed by atoms with Crippen LogP contribution in [0.25, 0.3) is 0 Å². The van der Waals surface area contributed by atoms with Crippen LogP contribution in [0.2, 0.25) is 0 Å². The van der Waals surface area contributed by atoms with Gasteiger partial charge in [-0.15, -0.1) is 0 Å². The van der Waals surface area contributed by atoms with Crippen molar-refractivity contribution in [2.75, 3.05) is 7.05 Å². The third-order valence-corrected chi connectivity index (χ3v) is 2.64. The Hall–Kier alpha value is -1.16. The van der Waals surface area contributed by atoms with E-state index in [0.717, 1.165) is 24.0 Å². The summed E-state index contributed by atoms with van der Waals surface area (Å²) in [6, 6.07) is 5.45. The van der Waals surface area contributed by atoms with Crippen LogP contribution >= 0.6 is 0 Å². The van der Waals surface area contributed by atoms with E-state index in [1.807, 2.05) is 7.05 Å². The van der Waals surface area contributed by atoms with E-state index < -0.39 is 6.61 Å². The van der Waals surface area contributed by atoms with E-state index in [4.69, 9.17) is 0 Å². The second-order valence-electron chi connectivity index (χ2n) is 4.09. The maximum atomic E-state index is 12.1. The number of hydrogen-bond acceptors (Lipinski definition) is 2. The molecule has 1 aromatic carbocycles. The summed E-state index contributed by atoms with van der Waals surface area (Å²) >= 11 is 0. The molecule has 1 aliphatic rings. The number of nitrogens with one attached hydrogen (secondary N) is 1. The third kappa shape index (κ3) is 2.92. The maximum absolute atomic E-state index is 12.1. The molecule has 0 amide bonds. The molecule has 2 nitrogen and oxygen atoms in total. The van der Waals surface area contributed by atoms with Gasteiger partial charge in [-0.05, 0) is 49.1 Å². The van der Waals surface area contributed by atoms with E-state index in [1.165, 1.54) is 0 Å². The van der Waals surface area contributed by atoms with Crippen LogP contribution in [0.15, 0.2) is 18.2 Å². The first-order chi connectivity index (χ1) is 7.69. The minimum Gasteiger partial charge on any atom is -0.435 e. The molecule has 0 radical (unpaired) electrons. The predicted molar refractivity (Wildman–Crippen MR) is 57.8 cm³/mol. The van der Waals surface area contributed by atoms with Crippen LogP contribution in [-0.4, -0.2) is 13.7 Å². The molecular weight excluding hydrogens is 212 g/mol. The fourth-order valence-corrected chi connectivity index (χ4v) is 1.82. The summed E-state index contributed by atoms with van der Waals surface area (Å²) in [6.07, 6.45) is 2.30. The molecule has 88 valence electrons. The van der Waals surface area contributed by atoms with E-state index in [9.17, 15) is 8.78 Å². The van der Waals surface area contributed by atoms with E-state index in [-0.39, 0.29) is 5.75 Å². The highest BCUT2D eigenvalue weighted by atomic mass is 19.3. The quantitative estimate of drug-likeness (QED) is 0.835. The van der Waals surface area contributed by atoms with Crippen LogP contribution in [0.5, 0.6) is 5.75 Å². The lowest BCUT2D eigenvalue weighted by molar-refractivity contribution is -0.0499. The molecule has 2 rings (SSSR count). The average Bonchev–Trinajstić information content (AvgIpc) is 2.99. The van der Waals surface area contributed by atoms with Crippen LogP contribution in [0, 0.1) is 0 Å². The van der Waals surface area contributed by atoms with Gasteiger partial charge in [0.25, 0.3) is 0 Å². The number of benzene rings is 1. The van der Waals surface area contributed by atoms with Crippen molar-refractivity contribution < 1.29 is 13.5 Å². The zero-order chi connectivity index (χ0) is 11.5. The SMILES string of the molecule is CNCc1cc(OC(F)F)cc(C2CC2)c1. The first-order valence-corrected chi connectivity index (χ1v) is 5.42. The van der Waals surface area contributed by atoms with Crippen molar-refractivity contribution in [2.24, 2.45) is 0 Å². The standard InChI is InChI=1S/C12H15F2NO/c1-15-7-8-4-10(9-2-3-9)6-11(5-8)16-12(13)14/h4-6,9,12,15H,2-3,7H2,1H3. The Balaban J connectivity index is 2.21. The van der Waals surface area contributed by atoms with Crippen LogP contribution in [0.3, 0.4) is 0 Å². The zero-order valence-corrected chi connectivity index (χ0v) is 9.17. The maximum Gasteiger partial charge on any atom is 0.387 e. The Labute approximate surface area is 93.6 Å². The molecule has 1 N–H and O–H groups in total. The molecule has 0 unspecified atom stereocenters. The molecule has 1 saturated carbocycles. The van der Waals surface area contributed by atoms with E-state index >= 15 is 0 Å². The molecule has 0 saturated heterocycles. The van der Waals surface area contributed by atoms with Crippen molar-refractivity contribution in [3.63, 3.8) is 0 Å². The van der Waals surface area contributed by atoms with Gasteiger partial charge >= 0.3 is 6.61 Å². The summed E-state index contributed by atoms with van der Waals surface area (Å²) in [5.74, 6) is 0.807. The third-order valence-electron chi connectivity index (χ3n) is 2.64. The van der Waals surface area contributed by atoms with Crippen molar-refractivity contribution in [1.82, 2.24) is 5.32 Å². The second-order valence-corrected chi connectivity index (χ2v) is 4.09. The van der Waals surface area contributed by atoms with E-state index in [2.05, 4.69) is 16.1 Å². The molecular formula is C12H15F2NO. The van der Waals surface area contributed by atoms with Crippen molar-refractivity contribution in [3.05, 3.63) is 29.3 Å². The van der Waals surface area contributed by atoms with Crippen LogP contribution in [0.4, 0.5) is 8.78 Å². The van der Waals surface area contributed by atoms with Crippen molar-refractivity contribution in [2.45, 2.75) is 31.9 Å². The molecule has 0 aromatic heterocycles. The van der Waals surface area contributed by atoms with Gasteiger partial charge in [-0.2, -0.15) is 8.78 Å². The summed E-state index contributed by atoms with van der Waals surface area (Å²) in [7, 11) is 1.83. The molecule has 0 spiro atoms. The van der Waals surface area contributed by atoms with Crippen LogP contribution < -0.4 is 10.1 Å². The number of rotatable bonds is 5. The zero-order valence-electron chi connectivity index (χ0n) is 9.17. The highest BCUT2D eigenvalue weighted by molar-refractivity contribution is 5.38. The minimum atomic E-state index is -2.75. The van der Waals surface area contributed by atoms with Crippen molar-refractivity contribution in [1.29, 1.82) is 0 Å². The van der Waals surface area contributed by atoms with Gasteiger partial charge in [0.05, 0.1) is 0 Å². The summed E-state index contributed by atoms with van der Waals surface area (Å²) in [5.41, 5.74) is 2.10. The molecule has 16 heavy (non-hydrogen) atoms. The lowest BCUT2D eigenvalue weighted by atomic mass is 10.1. The van der Waals surface area contributed by atoms with Crippen molar-refractivity contribution >= 4 is 0 Å². The molecule has 0 aliphatic heterocycles. The first-order valence-electron chi connectivity index (χ1n) is 5.42. The lowest BCUT2D eigenvalue weighted by Crippen LogP contribution is -2.07. The van der Waals surface area contributed by atoms with E-state index in [0.29, 0.717) is 12.5 Å². The Morgan fingerprint density at radius 3 is 2.69 bits per heavy atom. The topological polar surface area (TPSA) is 21.3 Å². The summed E-state index contributed by atoms with van der Waals surface area (Å²) in [5, 5.41) is 3.01. The van der Waals surface area contributed by atoms with Crippen molar-refractivity contribution in [3.8, 4) is 5.75 Å². The van der Waals surface area contributed by atoms with E-state index in [1.54, 1.807) is 12.1 Å². The van der Waals surface area contributed by atoms with Gasteiger partial charge in [-0.25, -0.2) is 0 Å². The molecule has 1 aliphatic carbocycles. The molecule has 0 bridgehead atoms. The normalized spacial score (nSPS) is 15.5. The monoisotopic (exact) mass is 227 g/mol. The van der Waals surface area contributed by atoms with Gasteiger partial charge in [0.15, 0.2) is 0 Å². The second kappa shape index (κ2) is 4.78. The summed E-state index contributed by atoms with van der Waals surface area (Å²) < 4.78 is 28.8. The lowest BCUT2D eigenvalue weighted by Gasteiger charge is -2.10. The van der Waals surface area contributed by atoms with Gasteiger partial charge in [-0.3, -0.25) is 0 Å².